The van der Waals surface area contributed by atoms with E-state index in [-0.39, 0.29) is 11.9 Å². The fraction of sp³-hybridized carbons (Fsp3) is 0.562. The average Bonchev–Trinajstić information content (AvgIpc) is 3.16. The van der Waals surface area contributed by atoms with Crippen molar-refractivity contribution in [1.29, 1.82) is 0 Å². The summed E-state index contributed by atoms with van der Waals surface area (Å²) in [4.78, 5) is 11.8. The zero-order chi connectivity index (χ0) is 13.7. The third-order valence-corrected chi connectivity index (χ3v) is 3.56. The lowest BCUT2D eigenvalue weighted by Crippen LogP contribution is -2.36. The maximum absolute atomic E-state index is 11.8. The van der Waals surface area contributed by atoms with E-state index in [1.807, 2.05) is 6.07 Å². The lowest BCUT2D eigenvalue weighted by Gasteiger charge is -2.15. The molecule has 1 aliphatic carbocycles. The molecule has 1 aromatic carbocycles. The Labute approximate surface area is 115 Å². The maximum Gasteiger partial charge on any atom is 0.221 e. The summed E-state index contributed by atoms with van der Waals surface area (Å²) in [6.45, 7) is 4.98. The van der Waals surface area contributed by atoms with Gasteiger partial charge in [0.25, 0.3) is 0 Å². The molecule has 1 atom stereocenters. The van der Waals surface area contributed by atoms with Crippen LogP contribution < -0.4 is 10.6 Å². The molecule has 104 valence electrons. The molecule has 1 aliphatic rings. The molecular formula is C16H24N2O. The number of amides is 1. The first-order valence-corrected chi connectivity index (χ1v) is 7.22. The Bertz CT molecular complexity index is 427. The lowest BCUT2D eigenvalue weighted by atomic mass is 10.0. The summed E-state index contributed by atoms with van der Waals surface area (Å²) in [6, 6.07) is 9.21. The minimum absolute atomic E-state index is 0.147. The molecule has 1 saturated carbocycles. The summed E-state index contributed by atoms with van der Waals surface area (Å²) in [7, 11) is 0. The van der Waals surface area contributed by atoms with Crippen molar-refractivity contribution in [3.05, 3.63) is 35.4 Å². The number of nitrogens with one attached hydrogen (secondary N) is 2. The number of carbonyl (C=O) groups excluding carboxylic acids is 1. The quantitative estimate of drug-likeness (QED) is 0.789. The molecule has 0 aromatic heterocycles. The van der Waals surface area contributed by atoms with Crippen molar-refractivity contribution in [2.24, 2.45) is 0 Å². The molecule has 2 N–H and O–H groups in total. The van der Waals surface area contributed by atoms with Crippen molar-refractivity contribution in [1.82, 2.24) is 10.6 Å². The van der Waals surface area contributed by atoms with Crippen molar-refractivity contribution in [2.45, 2.75) is 51.6 Å². The Morgan fingerprint density at radius 3 is 2.79 bits per heavy atom. The second kappa shape index (κ2) is 6.71. The summed E-state index contributed by atoms with van der Waals surface area (Å²) < 4.78 is 0. The molecule has 0 aliphatic heterocycles. The summed E-state index contributed by atoms with van der Waals surface area (Å²) in [5.41, 5.74) is 2.60. The van der Waals surface area contributed by atoms with Crippen LogP contribution in [0.2, 0.25) is 0 Å². The van der Waals surface area contributed by atoms with Crippen LogP contribution in [0, 0.1) is 6.92 Å². The summed E-state index contributed by atoms with van der Waals surface area (Å²) >= 11 is 0. The van der Waals surface area contributed by atoms with Crippen molar-refractivity contribution < 1.29 is 4.79 Å². The van der Waals surface area contributed by atoms with Gasteiger partial charge in [-0.05, 0) is 44.2 Å². The number of hydrogen-bond donors (Lipinski definition) is 2. The highest BCUT2D eigenvalue weighted by atomic mass is 16.1. The van der Waals surface area contributed by atoms with Crippen LogP contribution in [0.15, 0.2) is 24.3 Å². The van der Waals surface area contributed by atoms with Crippen LogP contribution in [0.1, 0.15) is 37.3 Å². The van der Waals surface area contributed by atoms with E-state index in [4.69, 9.17) is 0 Å². The van der Waals surface area contributed by atoms with Crippen LogP contribution in [-0.4, -0.2) is 24.5 Å². The Hall–Kier alpha value is -1.35. The highest BCUT2D eigenvalue weighted by molar-refractivity contribution is 5.76. The van der Waals surface area contributed by atoms with Crippen molar-refractivity contribution in [3.63, 3.8) is 0 Å². The van der Waals surface area contributed by atoms with Crippen molar-refractivity contribution in [3.8, 4) is 0 Å². The number of rotatable bonds is 7. The standard InChI is InChI=1S/C16H24N2O/c1-12-5-3-4-6-14(12)11-13(2)18-16(19)9-10-17-15-7-8-15/h3-6,13,15,17H,7-11H2,1-2H3,(H,18,19). The molecule has 0 heterocycles. The van der Waals surface area contributed by atoms with Crippen LogP contribution >= 0.6 is 0 Å². The van der Waals surface area contributed by atoms with Gasteiger partial charge < -0.3 is 10.6 Å². The van der Waals surface area contributed by atoms with Gasteiger partial charge in [0.1, 0.15) is 0 Å². The summed E-state index contributed by atoms with van der Waals surface area (Å²) in [5, 5.41) is 6.43. The number of hydrogen-bond acceptors (Lipinski definition) is 2. The van der Waals surface area contributed by atoms with Gasteiger partial charge in [-0.2, -0.15) is 0 Å². The predicted molar refractivity (Wildman–Crippen MR) is 78.1 cm³/mol. The van der Waals surface area contributed by atoms with E-state index in [9.17, 15) is 4.79 Å². The zero-order valence-corrected chi connectivity index (χ0v) is 11.9. The van der Waals surface area contributed by atoms with E-state index >= 15 is 0 Å². The van der Waals surface area contributed by atoms with Gasteiger partial charge in [0.2, 0.25) is 5.91 Å². The second-order valence-electron chi connectivity index (χ2n) is 5.58. The largest absolute Gasteiger partial charge is 0.353 e. The normalized spacial score (nSPS) is 16.1. The first-order valence-electron chi connectivity index (χ1n) is 7.22. The van der Waals surface area contributed by atoms with E-state index in [0.717, 1.165) is 13.0 Å². The third kappa shape index (κ3) is 5.03. The molecule has 0 radical (unpaired) electrons. The SMILES string of the molecule is Cc1ccccc1CC(C)NC(=O)CCNC1CC1. The van der Waals surface area contributed by atoms with Crippen LogP contribution in [-0.2, 0) is 11.2 Å². The van der Waals surface area contributed by atoms with Gasteiger partial charge in [-0.3, -0.25) is 4.79 Å². The molecule has 1 fully saturated rings. The van der Waals surface area contributed by atoms with E-state index < -0.39 is 0 Å². The predicted octanol–water partition coefficient (Wildman–Crippen LogP) is 2.18. The lowest BCUT2D eigenvalue weighted by molar-refractivity contribution is -0.121. The van der Waals surface area contributed by atoms with Gasteiger partial charge in [-0.15, -0.1) is 0 Å². The maximum atomic E-state index is 11.8. The van der Waals surface area contributed by atoms with E-state index in [1.165, 1.54) is 24.0 Å². The van der Waals surface area contributed by atoms with Crippen LogP contribution in [0.5, 0.6) is 0 Å². The number of aryl methyl sites for hydroxylation is 1. The molecule has 19 heavy (non-hydrogen) atoms. The van der Waals surface area contributed by atoms with Crippen LogP contribution in [0.3, 0.4) is 0 Å². The minimum atomic E-state index is 0.147. The topological polar surface area (TPSA) is 41.1 Å². The zero-order valence-electron chi connectivity index (χ0n) is 11.9. The highest BCUT2D eigenvalue weighted by Gasteiger charge is 2.20. The molecule has 0 saturated heterocycles. The molecule has 1 unspecified atom stereocenters. The molecule has 2 rings (SSSR count). The van der Waals surface area contributed by atoms with Crippen molar-refractivity contribution >= 4 is 5.91 Å². The second-order valence-corrected chi connectivity index (χ2v) is 5.58. The molecular weight excluding hydrogens is 236 g/mol. The van der Waals surface area contributed by atoms with Crippen LogP contribution in [0.25, 0.3) is 0 Å². The Balaban J connectivity index is 1.69. The Morgan fingerprint density at radius 1 is 1.37 bits per heavy atom. The first-order chi connectivity index (χ1) is 9.15. The fourth-order valence-corrected chi connectivity index (χ4v) is 2.24. The van der Waals surface area contributed by atoms with Gasteiger partial charge in [-0.1, -0.05) is 24.3 Å². The van der Waals surface area contributed by atoms with E-state index in [0.29, 0.717) is 12.5 Å². The molecule has 1 amide bonds. The first kappa shape index (κ1) is 14.1. The Morgan fingerprint density at radius 2 is 2.11 bits per heavy atom. The molecule has 1 aromatic rings. The monoisotopic (exact) mass is 260 g/mol. The van der Waals surface area contributed by atoms with Crippen molar-refractivity contribution in [2.75, 3.05) is 6.54 Å². The average molecular weight is 260 g/mol. The summed E-state index contributed by atoms with van der Waals surface area (Å²) in [5.74, 6) is 0.147. The molecule has 3 heteroatoms. The van der Waals surface area contributed by atoms with Gasteiger partial charge >= 0.3 is 0 Å². The summed E-state index contributed by atoms with van der Waals surface area (Å²) in [6.07, 6.45) is 4.01. The van der Waals surface area contributed by atoms with Gasteiger partial charge in [0, 0.05) is 25.0 Å². The number of benzene rings is 1. The van der Waals surface area contributed by atoms with Crippen LogP contribution in [0.4, 0.5) is 0 Å². The smallest absolute Gasteiger partial charge is 0.221 e. The minimum Gasteiger partial charge on any atom is -0.353 e. The van der Waals surface area contributed by atoms with Gasteiger partial charge in [0.15, 0.2) is 0 Å². The molecule has 3 nitrogen and oxygen atoms in total. The fourth-order valence-electron chi connectivity index (χ4n) is 2.24. The highest BCUT2D eigenvalue weighted by Crippen LogP contribution is 2.18. The van der Waals surface area contributed by atoms with Gasteiger partial charge in [-0.25, -0.2) is 0 Å². The third-order valence-electron chi connectivity index (χ3n) is 3.56. The molecule has 0 spiro atoms. The Kier molecular flexibility index (Phi) is 4.97. The van der Waals surface area contributed by atoms with E-state index in [2.05, 4.69) is 42.7 Å². The molecule has 0 bridgehead atoms. The van der Waals surface area contributed by atoms with Gasteiger partial charge in [0.05, 0.1) is 0 Å². The number of carbonyl (C=O) groups is 1. The van der Waals surface area contributed by atoms with E-state index in [1.54, 1.807) is 0 Å².